The first-order chi connectivity index (χ1) is 6.74. The van der Waals surface area contributed by atoms with E-state index in [9.17, 15) is 0 Å². The number of hydrogen-bond acceptors (Lipinski definition) is 2. The maximum atomic E-state index is 8.92. The van der Waals surface area contributed by atoms with Gasteiger partial charge in [-0.05, 0) is 28.4 Å². The van der Waals surface area contributed by atoms with Crippen LogP contribution in [0.25, 0.3) is 0 Å². The van der Waals surface area contributed by atoms with Crippen LogP contribution in [-0.2, 0) is 17.7 Å². The number of ether oxygens (including phenoxy) is 1. The van der Waals surface area contributed by atoms with Crippen LogP contribution < -0.4 is 0 Å². The lowest BCUT2D eigenvalue weighted by Crippen LogP contribution is -2.09. The standard InChI is InChI=1S/C10H13BrN2O/c1-3-10-9(11)6-8(7-12)13(10)4-5-14-2/h6H,3-5H2,1-2H3. The molecule has 1 aromatic heterocycles. The van der Waals surface area contributed by atoms with Gasteiger partial charge in [0.15, 0.2) is 0 Å². The van der Waals surface area contributed by atoms with Gasteiger partial charge in [-0.15, -0.1) is 0 Å². The van der Waals surface area contributed by atoms with Crippen LogP contribution in [0.1, 0.15) is 18.3 Å². The lowest BCUT2D eigenvalue weighted by Gasteiger charge is -2.08. The summed E-state index contributed by atoms with van der Waals surface area (Å²) in [6, 6.07) is 4.03. The number of rotatable bonds is 4. The van der Waals surface area contributed by atoms with Gasteiger partial charge in [0.05, 0.1) is 6.61 Å². The fraction of sp³-hybridized carbons (Fsp3) is 0.500. The SMILES string of the molecule is CCc1c(Br)cc(C#N)n1CCOC. The Balaban J connectivity index is 3.03. The van der Waals surface area contributed by atoms with Crippen LogP contribution in [0, 0.1) is 11.3 Å². The molecule has 0 unspecified atom stereocenters. The Hall–Kier alpha value is -0.790. The number of aromatic nitrogens is 1. The molecule has 0 saturated carbocycles. The van der Waals surface area contributed by atoms with Crippen molar-refractivity contribution in [2.45, 2.75) is 19.9 Å². The molecule has 1 heterocycles. The third-order valence-electron chi connectivity index (χ3n) is 2.12. The molecular formula is C10H13BrN2O. The Bertz CT molecular complexity index is 352. The van der Waals surface area contributed by atoms with Crippen LogP contribution in [0.2, 0.25) is 0 Å². The summed E-state index contributed by atoms with van der Waals surface area (Å²) in [5.74, 6) is 0. The fourth-order valence-electron chi connectivity index (χ4n) is 1.45. The van der Waals surface area contributed by atoms with E-state index in [1.165, 1.54) is 0 Å². The molecule has 0 fully saturated rings. The van der Waals surface area contributed by atoms with Gasteiger partial charge in [0.1, 0.15) is 11.8 Å². The summed E-state index contributed by atoms with van der Waals surface area (Å²) in [5, 5.41) is 8.92. The summed E-state index contributed by atoms with van der Waals surface area (Å²) in [6.07, 6.45) is 0.909. The fourth-order valence-corrected chi connectivity index (χ4v) is 2.16. The second-order valence-electron chi connectivity index (χ2n) is 2.93. The molecule has 0 aromatic carbocycles. The van der Waals surface area contributed by atoms with Crippen molar-refractivity contribution < 1.29 is 4.74 Å². The largest absolute Gasteiger partial charge is 0.383 e. The van der Waals surface area contributed by atoms with Crippen LogP contribution in [0.3, 0.4) is 0 Å². The van der Waals surface area contributed by atoms with Gasteiger partial charge in [0.2, 0.25) is 0 Å². The van der Waals surface area contributed by atoms with Crippen LogP contribution in [0.15, 0.2) is 10.5 Å². The highest BCUT2D eigenvalue weighted by Crippen LogP contribution is 2.22. The zero-order chi connectivity index (χ0) is 10.6. The lowest BCUT2D eigenvalue weighted by molar-refractivity contribution is 0.186. The van der Waals surface area contributed by atoms with Crippen molar-refractivity contribution in [3.63, 3.8) is 0 Å². The highest BCUT2D eigenvalue weighted by Gasteiger charge is 2.10. The average Bonchev–Trinajstić information content (AvgIpc) is 2.50. The minimum atomic E-state index is 0.628. The van der Waals surface area contributed by atoms with Crippen LogP contribution in [-0.4, -0.2) is 18.3 Å². The maximum Gasteiger partial charge on any atom is 0.121 e. The van der Waals surface area contributed by atoms with E-state index in [-0.39, 0.29) is 0 Å². The number of hydrogen-bond donors (Lipinski definition) is 0. The van der Waals surface area contributed by atoms with E-state index in [4.69, 9.17) is 10.00 Å². The first-order valence-electron chi connectivity index (χ1n) is 4.51. The molecule has 0 bridgehead atoms. The van der Waals surface area contributed by atoms with Crippen molar-refractivity contribution in [2.24, 2.45) is 0 Å². The van der Waals surface area contributed by atoms with E-state index < -0.39 is 0 Å². The Kier molecular flexibility index (Phi) is 4.18. The van der Waals surface area contributed by atoms with Crippen molar-refractivity contribution in [3.8, 4) is 6.07 Å². The number of nitrogens with zero attached hydrogens (tertiary/aromatic N) is 2. The summed E-state index contributed by atoms with van der Waals surface area (Å²) >= 11 is 3.45. The summed E-state index contributed by atoms with van der Waals surface area (Å²) in [7, 11) is 1.66. The molecular weight excluding hydrogens is 244 g/mol. The van der Waals surface area contributed by atoms with E-state index >= 15 is 0 Å². The topological polar surface area (TPSA) is 38.0 Å². The third-order valence-corrected chi connectivity index (χ3v) is 2.81. The second kappa shape index (κ2) is 5.18. The first-order valence-corrected chi connectivity index (χ1v) is 5.30. The Morgan fingerprint density at radius 3 is 2.86 bits per heavy atom. The summed E-state index contributed by atoms with van der Waals surface area (Å²) < 4.78 is 8.01. The van der Waals surface area contributed by atoms with Gasteiger partial charge in [-0.25, -0.2) is 0 Å². The number of halogens is 1. The molecule has 14 heavy (non-hydrogen) atoms. The first kappa shape index (κ1) is 11.3. The third kappa shape index (κ3) is 2.17. The molecule has 0 radical (unpaired) electrons. The molecule has 1 rings (SSSR count). The zero-order valence-corrected chi connectivity index (χ0v) is 9.97. The van der Waals surface area contributed by atoms with E-state index in [2.05, 4.69) is 28.9 Å². The molecule has 0 amide bonds. The average molecular weight is 257 g/mol. The molecule has 0 aliphatic heterocycles. The monoisotopic (exact) mass is 256 g/mol. The van der Waals surface area contributed by atoms with E-state index in [0.29, 0.717) is 12.3 Å². The molecule has 1 aromatic rings. The van der Waals surface area contributed by atoms with Crippen molar-refractivity contribution in [3.05, 3.63) is 21.9 Å². The second-order valence-corrected chi connectivity index (χ2v) is 3.79. The van der Waals surface area contributed by atoms with Crippen molar-refractivity contribution >= 4 is 15.9 Å². The van der Waals surface area contributed by atoms with Gasteiger partial charge in [0.25, 0.3) is 0 Å². The predicted octanol–water partition coefficient (Wildman–Crippen LogP) is 2.33. The molecule has 3 nitrogen and oxygen atoms in total. The Morgan fingerprint density at radius 2 is 2.36 bits per heavy atom. The predicted molar refractivity (Wildman–Crippen MR) is 58.1 cm³/mol. The zero-order valence-electron chi connectivity index (χ0n) is 8.38. The van der Waals surface area contributed by atoms with Gasteiger partial charge in [-0.3, -0.25) is 0 Å². The minimum Gasteiger partial charge on any atom is -0.383 e. The van der Waals surface area contributed by atoms with Crippen LogP contribution >= 0.6 is 15.9 Å². The van der Waals surface area contributed by atoms with Gasteiger partial charge < -0.3 is 9.30 Å². The Morgan fingerprint density at radius 1 is 1.64 bits per heavy atom. The highest BCUT2D eigenvalue weighted by molar-refractivity contribution is 9.10. The van der Waals surface area contributed by atoms with E-state index in [1.54, 1.807) is 7.11 Å². The smallest absolute Gasteiger partial charge is 0.121 e. The molecule has 0 saturated heterocycles. The lowest BCUT2D eigenvalue weighted by atomic mass is 10.3. The van der Waals surface area contributed by atoms with Crippen molar-refractivity contribution in [1.29, 1.82) is 5.26 Å². The number of nitriles is 1. The quantitative estimate of drug-likeness (QED) is 0.830. The summed E-state index contributed by atoms with van der Waals surface area (Å²) in [6.45, 7) is 3.43. The minimum absolute atomic E-state index is 0.628. The van der Waals surface area contributed by atoms with Gasteiger partial charge in [-0.1, -0.05) is 6.92 Å². The summed E-state index contributed by atoms with van der Waals surface area (Å²) in [4.78, 5) is 0. The highest BCUT2D eigenvalue weighted by atomic mass is 79.9. The van der Waals surface area contributed by atoms with E-state index in [1.807, 2.05) is 10.6 Å². The maximum absolute atomic E-state index is 8.92. The van der Waals surface area contributed by atoms with Crippen molar-refractivity contribution in [1.82, 2.24) is 4.57 Å². The van der Waals surface area contributed by atoms with E-state index in [0.717, 1.165) is 23.1 Å². The normalized spacial score (nSPS) is 10.1. The summed E-state index contributed by atoms with van der Waals surface area (Å²) in [5.41, 5.74) is 1.84. The molecule has 0 aliphatic carbocycles. The number of methoxy groups -OCH3 is 1. The molecule has 0 spiro atoms. The van der Waals surface area contributed by atoms with Crippen molar-refractivity contribution in [2.75, 3.05) is 13.7 Å². The Labute approximate surface area is 92.4 Å². The van der Waals surface area contributed by atoms with Crippen LogP contribution in [0.5, 0.6) is 0 Å². The van der Waals surface area contributed by atoms with Gasteiger partial charge >= 0.3 is 0 Å². The van der Waals surface area contributed by atoms with Gasteiger partial charge in [0, 0.05) is 23.8 Å². The van der Waals surface area contributed by atoms with Gasteiger partial charge in [-0.2, -0.15) is 5.26 Å². The molecule has 0 N–H and O–H groups in total. The molecule has 0 aliphatic rings. The molecule has 4 heteroatoms. The van der Waals surface area contributed by atoms with Crippen LogP contribution in [0.4, 0.5) is 0 Å². The molecule has 76 valence electrons. The molecule has 0 atom stereocenters.